The van der Waals surface area contributed by atoms with E-state index in [2.05, 4.69) is 4.90 Å². The van der Waals surface area contributed by atoms with E-state index in [1.807, 2.05) is 31.2 Å². The van der Waals surface area contributed by atoms with Gasteiger partial charge in [-0.2, -0.15) is 0 Å². The Hall–Kier alpha value is -2.37. The number of likely N-dealkylation sites (tertiary alicyclic amines) is 1. The van der Waals surface area contributed by atoms with Crippen LogP contribution in [0.3, 0.4) is 0 Å². The number of carbonyl (C=O) groups is 1. The maximum absolute atomic E-state index is 12.9. The van der Waals surface area contributed by atoms with Gasteiger partial charge in [-0.3, -0.25) is 9.69 Å². The van der Waals surface area contributed by atoms with E-state index in [4.69, 9.17) is 4.74 Å². The van der Waals surface area contributed by atoms with Gasteiger partial charge in [0.1, 0.15) is 11.5 Å². The van der Waals surface area contributed by atoms with Crippen LogP contribution in [0.1, 0.15) is 42.1 Å². The van der Waals surface area contributed by atoms with Gasteiger partial charge in [-0.25, -0.2) is 0 Å². The fraction of sp³-hybridized carbons (Fsp3) is 0.409. The summed E-state index contributed by atoms with van der Waals surface area (Å²) in [7, 11) is 1.62. The number of piperidine rings is 1. The highest BCUT2D eigenvalue weighted by Gasteiger charge is 2.37. The minimum Gasteiger partial charge on any atom is -0.508 e. The van der Waals surface area contributed by atoms with Crippen molar-refractivity contribution >= 4 is 5.78 Å². The molecule has 0 radical (unpaired) electrons. The summed E-state index contributed by atoms with van der Waals surface area (Å²) in [6.07, 6.45) is 1.87. The third kappa shape index (κ3) is 4.15. The summed E-state index contributed by atoms with van der Waals surface area (Å²) in [6, 6.07) is 13.7. The van der Waals surface area contributed by atoms with Crippen molar-refractivity contribution in [3.8, 4) is 11.5 Å². The summed E-state index contributed by atoms with van der Waals surface area (Å²) >= 11 is 0. The maximum Gasteiger partial charge on any atom is 0.179 e. The van der Waals surface area contributed by atoms with Crippen LogP contribution < -0.4 is 4.74 Å². The molecule has 0 bridgehead atoms. The van der Waals surface area contributed by atoms with Crippen molar-refractivity contribution in [1.29, 1.82) is 0 Å². The number of ether oxygens (including phenoxy) is 1. The van der Waals surface area contributed by atoms with Gasteiger partial charge in [0.05, 0.1) is 18.8 Å². The number of phenols is 1. The molecule has 0 amide bonds. The average Bonchev–Trinajstić information content (AvgIpc) is 2.70. The zero-order chi connectivity index (χ0) is 19.4. The minimum absolute atomic E-state index is 0.0624. The lowest BCUT2D eigenvalue weighted by molar-refractivity contribution is -0.0336. The van der Waals surface area contributed by atoms with Crippen LogP contribution in [0.5, 0.6) is 11.5 Å². The number of carbonyl (C=O) groups excluding carboxylic acids is 1. The molecule has 1 saturated heterocycles. The highest BCUT2D eigenvalue weighted by atomic mass is 16.5. The van der Waals surface area contributed by atoms with Gasteiger partial charge in [0.25, 0.3) is 0 Å². The maximum atomic E-state index is 12.9. The quantitative estimate of drug-likeness (QED) is 0.764. The largest absolute Gasteiger partial charge is 0.508 e. The Labute approximate surface area is 160 Å². The second-order valence-electron chi connectivity index (χ2n) is 7.13. The number of ketones is 1. The lowest BCUT2D eigenvalue weighted by atomic mass is 9.83. The first-order chi connectivity index (χ1) is 13.0. The number of rotatable bonds is 6. The molecule has 2 aromatic rings. The van der Waals surface area contributed by atoms with Gasteiger partial charge >= 0.3 is 0 Å². The SMILES string of the molecule is CCC(C(=O)c1ccc(O)cc1)N1CCC(O)(c2ccc(OC)cc2)CC1. The number of hydrogen-bond donors (Lipinski definition) is 2. The van der Waals surface area contributed by atoms with Gasteiger partial charge in [-0.15, -0.1) is 0 Å². The molecule has 1 fully saturated rings. The molecule has 2 N–H and O–H groups in total. The van der Waals surface area contributed by atoms with Crippen molar-refractivity contribution in [2.24, 2.45) is 0 Å². The highest BCUT2D eigenvalue weighted by molar-refractivity contribution is 6.00. The van der Waals surface area contributed by atoms with Gasteiger partial charge in [0.2, 0.25) is 0 Å². The molecule has 1 unspecified atom stereocenters. The summed E-state index contributed by atoms with van der Waals surface area (Å²) < 4.78 is 5.19. The van der Waals surface area contributed by atoms with Gasteiger partial charge in [0.15, 0.2) is 5.78 Å². The Morgan fingerprint density at radius 1 is 1.11 bits per heavy atom. The molecule has 0 aliphatic carbocycles. The average molecular weight is 369 g/mol. The van der Waals surface area contributed by atoms with Crippen LogP contribution in [0.4, 0.5) is 0 Å². The first-order valence-electron chi connectivity index (χ1n) is 9.41. The number of aliphatic hydroxyl groups is 1. The first-order valence-corrected chi connectivity index (χ1v) is 9.41. The van der Waals surface area contributed by atoms with Crippen LogP contribution in [-0.4, -0.2) is 47.1 Å². The summed E-state index contributed by atoms with van der Waals surface area (Å²) in [4.78, 5) is 15.0. The zero-order valence-corrected chi connectivity index (χ0v) is 15.9. The normalized spacial score (nSPS) is 18.0. The molecule has 5 heteroatoms. The Kier molecular flexibility index (Phi) is 5.82. The fourth-order valence-electron chi connectivity index (χ4n) is 3.82. The zero-order valence-electron chi connectivity index (χ0n) is 15.9. The van der Waals surface area contributed by atoms with E-state index >= 15 is 0 Å². The van der Waals surface area contributed by atoms with E-state index in [1.165, 1.54) is 0 Å². The van der Waals surface area contributed by atoms with E-state index in [0.29, 0.717) is 37.9 Å². The molecule has 27 heavy (non-hydrogen) atoms. The number of hydrogen-bond acceptors (Lipinski definition) is 5. The van der Waals surface area contributed by atoms with Crippen LogP contribution in [-0.2, 0) is 5.60 Å². The molecule has 144 valence electrons. The molecule has 5 nitrogen and oxygen atoms in total. The van der Waals surface area contributed by atoms with Crippen LogP contribution >= 0.6 is 0 Å². The summed E-state index contributed by atoms with van der Waals surface area (Å²) in [5.41, 5.74) is 0.624. The fourth-order valence-corrected chi connectivity index (χ4v) is 3.82. The summed E-state index contributed by atoms with van der Waals surface area (Å²) in [5.74, 6) is 0.986. The molecular formula is C22H27NO4. The van der Waals surface area contributed by atoms with Crippen molar-refractivity contribution in [1.82, 2.24) is 4.90 Å². The number of nitrogens with zero attached hydrogens (tertiary/aromatic N) is 1. The third-order valence-corrected chi connectivity index (χ3v) is 5.53. The van der Waals surface area contributed by atoms with Crippen molar-refractivity contribution < 1.29 is 19.7 Å². The topological polar surface area (TPSA) is 70.0 Å². The molecule has 0 saturated carbocycles. The Balaban J connectivity index is 1.69. The molecular weight excluding hydrogens is 342 g/mol. The van der Waals surface area contributed by atoms with Crippen molar-refractivity contribution in [2.45, 2.75) is 37.8 Å². The molecule has 1 atom stereocenters. The number of Topliss-reactive ketones (excluding diaryl/α,β-unsaturated/α-hetero) is 1. The number of aromatic hydroxyl groups is 1. The number of methoxy groups -OCH3 is 1. The van der Waals surface area contributed by atoms with Crippen LogP contribution in [0, 0.1) is 0 Å². The van der Waals surface area contributed by atoms with Gasteiger partial charge < -0.3 is 14.9 Å². The number of benzene rings is 2. The van der Waals surface area contributed by atoms with E-state index < -0.39 is 5.60 Å². The summed E-state index contributed by atoms with van der Waals surface area (Å²) in [5, 5.41) is 20.5. The van der Waals surface area contributed by atoms with Crippen LogP contribution in [0.2, 0.25) is 0 Å². The van der Waals surface area contributed by atoms with E-state index in [1.54, 1.807) is 31.4 Å². The molecule has 1 aliphatic rings. The monoisotopic (exact) mass is 369 g/mol. The van der Waals surface area contributed by atoms with E-state index in [9.17, 15) is 15.0 Å². The molecule has 2 aromatic carbocycles. The number of phenolic OH excluding ortho intramolecular Hbond substituents is 1. The van der Waals surface area contributed by atoms with Crippen LogP contribution in [0.15, 0.2) is 48.5 Å². The Morgan fingerprint density at radius 2 is 1.70 bits per heavy atom. The molecule has 3 rings (SSSR count). The molecule has 1 heterocycles. The van der Waals surface area contributed by atoms with Gasteiger partial charge in [-0.05, 0) is 61.2 Å². The standard InChI is InChI=1S/C22H27NO4/c1-3-20(21(25)16-4-8-18(24)9-5-16)23-14-12-22(26,13-15-23)17-6-10-19(27-2)11-7-17/h4-11,20,24,26H,3,12-15H2,1-2H3. The predicted molar refractivity (Wildman–Crippen MR) is 104 cm³/mol. The van der Waals surface area contributed by atoms with Crippen molar-refractivity contribution in [3.05, 3.63) is 59.7 Å². The second kappa shape index (κ2) is 8.11. The minimum atomic E-state index is -0.872. The van der Waals surface area contributed by atoms with Gasteiger partial charge in [-0.1, -0.05) is 19.1 Å². The first kappa shape index (κ1) is 19.4. The lowest BCUT2D eigenvalue weighted by Crippen LogP contribution is -2.49. The van der Waals surface area contributed by atoms with Crippen molar-refractivity contribution in [2.75, 3.05) is 20.2 Å². The lowest BCUT2D eigenvalue weighted by Gasteiger charge is -2.41. The van der Waals surface area contributed by atoms with E-state index in [0.717, 1.165) is 11.3 Å². The highest BCUT2D eigenvalue weighted by Crippen LogP contribution is 2.35. The smallest absolute Gasteiger partial charge is 0.179 e. The third-order valence-electron chi connectivity index (χ3n) is 5.53. The molecule has 1 aliphatic heterocycles. The predicted octanol–water partition coefficient (Wildman–Crippen LogP) is 3.35. The Bertz CT molecular complexity index is 762. The van der Waals surface area contributed by atoms with Crippen molar-refractivity contribution in [3.63, 3.8) is 0 Å². The van der Waals surface area contributed by atoms with E-state index in [-0.39, 0.29) is 17.6 Å². The second-order valence-corrected chi connectivity index (χ2v) is 7.13. The Morgan fingerprint density at radius 3 is 2.22 bits per heavy atom. The van der Waals surface area contributed by atoms with Gasteiger partial charge in [0, 0.05) is 18.7 Å². The molecule has 0 aromatic heterocycles. The molecule has 0 spiro atoms. The summed E-state index contributed by atoms with van der Waals surface area (Å²) in [6.45, 7) is 3.32. The van der Waals surface area contributed by atoms with Crippen LogP contribution in [0.25, 0.3) is 0 Å².